The van der Waals surface area contributed by atoms with Gasteiger partial charge in [0.1, 0.15) is 0 Å². The summed E-state index contributed by atoms with van der Waals surface area (Å²) in [5.74, 6) is 0.170. The van der Waals surface area contributed by atoms with Crippen molar-refractivity contribution < 1.29 is 9.59 Å². The molecule has 2 aromatic heterocycles. The van der Waals surface area contributed by atoms with Crippen LogP contribution in [0.25, 0.3) is 10.2 Å². The highest BCUT2D eigenvalue weighted by molar-refractivity contribution is 7.18. The van der Waals surface area contributed by atoms with Crippen molar-refractivity contribution in [1.82, 2.24) is 19.7 Å². The van der Waals surface area contributed by atoms with Gasteiger partial charge < -0.3 is 10.2 Å². The predicted octanol–water partition coefficient (Wildman–Crippen LogP) is 4.73. The summed E-state index contributed by atoms with van der Waals surface area (Å²) in [5.41, 5.74) is 3.53. The molecule has 0 radical (unpaired) electrons. The van der Waals surface area contributed by atoms with E-state index >= 15 is 0 Å². The third-order valence-electron chi connectivity index (χ3n) is 7.39. The number of likely N-dealkylation sites (tertiary alicyclic amines) is 1. The van der Waals surface area contributed by atoms with Crippen molar-refractivity contribution in [2.75, 3.05) is 18.4 Å². The number of amides is 2. The predicted molar refractivity (Wildman–Crippen MR) is 136 cm³/mol. The quantitative estimate of drug-likeness (QED) is 0.443. The van der Waals surface area contributed by atoms with Gasteiger partial charge in [0.05, 0.1) is 21.8 Å². The molecule has 0 unspecified atom stereocenters. The van der Waals surface area contributed by atoms with E-state index in [0.717, 1.165) is 45.7 Å². The summed E-state index contributed by atoms with van der Waals surface area (Å²) in [4.78, 5) is 32.6. The van der Waals surface area contributed by atoms with Crippen LogP contribution in [0.15, 0.2) is 60.9 Å². The number of carbonyl (C=O) groups excluding carboxylic acids is 2. The Morgan fingerprint density at radius 1 is 1.14 bits per heavy atom. The Kier molecular flexibility index (Phi) is 5.40. The molecule has 8 heteroatoms. The van der Waals surface area contributed by atoms with Gasteiger partial charge in [0.25, 0.3) is 5.91 Å². The largest absolute Gasteiger partial charge is 0.339 e. The molecule has 3 heterocycles. The topological polar surface area (TPSA) is 80.1 Å². The summed E-state index contributed by atoms with van der Waals surface area (Å²) in [7, 11) is 0. The van der Waals surface area contributed by atoms with Crippen LogP contribution in [0, 0.1) is 18.3 Å². The fourth-order valence-corrected chi connectivity index (χ4v) is 6.15. The molecule has 1 saturated heterocycles. The van der Waals surface area contributed by atoms with Gasteiger partial charge in [-0.1, -0.05) is 12.1 Å². The van der Waals surface area contributed by atoms with Crippen molar-refractivity contribution in [3.63, 3.8) is 0 Å². The standard InChI is InChI=1S/C27H27N5O2S/c1-18-29-23-15-21(6-7-24(23)35-18)30-25(33)22-16-27(22)8-12-31(13-9-27)26(34)20-5-2-4-19(14-20)17-32-11-3-10-28-32/h2-7,10-11,14-15,22H,8-9,12-13,16-17H2,1H3,(H,30,33)/t22-/m1/s1. The summed E-state index contributed by atoms with van der Waals surface area (Å²) < 4.78 is 2.98. The molecule has 178 valence electrons. The first kappa shape index (κ1) is 22.0. The molecule has 6 rings (SSSR count). The number of hydrogen-bond donors (Lipinski definition) is 1. The zero-order valence-electron chi connectivity index (χ0n) is 19.6. The molecule has 2 aliphatic rings. The third-order valence-corrected chi connectivity index (χ3v) is 8.34. The van der Waals surface area contributed by atoms with Crippen molar-refractivity contribution >= 4 is 39.1 Å². The Labute approximate surface area is 207 Å². The number of aryl methyl sites for hydroxylation is 1. The Balaban J connectivity index is 1.06. The molecule has 0 bridgehead atoms. The Morgan fingerprint density at radius 2 is 2.00 bits per heavy atom. The van der Waals surface area contributed by atoms with Gasteiger partial charge in [-0.2, -0.15) is 5.10 Å². The summed E-state index contributed by atoms with van der Waals surface area (Å²) in [6, 6.07) is 15.6. The lowest BCUT2D eigenvalue weighted by atomic mass is 9.90. The van der Waals surface area contributed by atoms with Crippen molar-refractivity contribution in [3.8, 4) is 0 Å². The van der Waals surface area contributed by atoms with Crippen LogP contribution in [0.4, 0.5) is 5.69 Å². The fourth-order valence-electron chi connectivity index (χ4n) is 5.34. The molecule has 1 aliphatic carbocycles. The third kappa shape index (κ3) is 4.34. The molecule has 2 aromatic carbocycles. The van der Waals surface area contributed by atoms with E-state index in [2.05, 4.69) is 15.4 Å². The second-order valence-corrected chi connectivity index (χ2v) is 11.0. The summed E-state index contributed by atoms with van der Waals surface area (Å²) in [6.07, 6.45) is 6.31. The average molecular weight is 486 g/mol. The van der Waals surface area contributed by atoms with E-state index in [4.69, 9.17) is 0 Å². The number of nitrogens with one attached hydrogen (secondary N) is 1. The van der Waals surface area contributed by atoms with Crippen molar-refractivity contribution in [2.45, 2.75) is 32.7 Å². The van der Waals surface area contributed by atoms with E-state index < -0.39 is 0 Å². The molecule has 35 heavy (non-hydrogen) atoms. The van der Waals surface area contributed by atoms with E-state index in [-0.39, 0.29) is 23.1 Å². The number of thiazole rings is 1. The number of rotatable bonds is 5. The Hall–Kier alpha value is -3.52. The summed E-state index contributed by atoms with van der Waals surface area (Å²) >= 11 is 1.66. The molecule has 1 spiro atoms. The molecular formula is C27H27N5O2S. The number of benzene rings is 2. The number of piperidine rings is 1. The van der Waals surface area contributed by atoms with E-state index in [0.29, 0.717) is 25.2 Å². The van der Waals surface area contributed by atoms with Crippen LogP contribution in [0.5, 0.6) is 0 Å². The van der Waals surface area contributed by atoms with Gasteiger partial charge in [-0.05, 0) is 73.6 Å². The lowest BCUT2D eigenvalue weighted by Crippen LogP contribution is -2.40. The zero-order chi connectivity index (χ0) is 24.0. The highest BCUT2D eigenvalue weighted by Gasteiger charge is 2.58. The minimum absolute atomic E-state index is 0.0185. The van der Waals surface area contributed by atoms with Crippen molar-refractivity contribution in [3.05, 3.63) is 77.1 Å². The molecule has 1 atom stereocenters. The molecule has 4 aromatic rings. The minimum atomic E-state index is 0.0185. The first-order valence-corrected chi connectivity index (χ1v) is 12.8. The number of anilines is 1. The molecule has 1 aliphatic heterocycles. The number of carbonyl (C=O) groups is 2. The first-order chi connectivity index (χ1) is 17.0. The minimum Gasteiger partial charge on any atom is -0.339 e. The van der Waals surface area contributed by atoms with Crippen LogP contribution in [-0.4, -0.2) is 44.6 Å². The summed E-state index contributed by atoms with van der Waals surface area (Å²) in [6.45, 7) is 4.02. The molecule has 2 fully saturated rings. The monoisotopic (exact) mass is 485 g/mol. The van der Waals surface area contributed by atoms with E-state index in [9.17, 15) is 9.59 Å². The van der Waals surface area contributed by atoms with Crippen LogP contribution in [0.1, 0.15) is 40.2 Å². The van der Waals surface area contributed by atoms with Crippen LogP contribution in [-0.2, 0) is 11.3 Å². The second kappa shape index (κ2) is 8.61. The van der Waals surface area contributed by atoms with Crippen LogP contribution in [0.2, 0.25) is 0 Å². The van der Waals surface area contributed by atoms with Crippen molar-refractivity contribution in [2.24, 2.45) is 11.3 Å². The highest BCUT2D eigenvalue weighted by Crippen LogP contribution is 2.59. The lowest BCUT2D eigenvalue weighted by molar-refractivity contribution is -0.118. The van der Waals surface area contributed by atoms with Gasteiger partial charge >= 0.3 is 0 Å². The van der Waals surface area contributed by atoms with Gasteiger partial charge in [0, 0.05) is 42.7 Å². The van der Waals surface area contributed by atoms with E-state index in [1.165, 1.54) is 0 Å². The molecular weight excluding hydrogens is 458 g/mol. The molecule has 1 saturated carbocycles. The lowest BCUT2D eigenvalue weighted by Gasteiger charge is -2.33. The highest BCUT2D eigenvalue weighted by atomic mass is 32.1. The van der Waals surface area contributed by atoms with E-state index in [1.807, 2.05) is 71.2 Å². The maximum Gasteiger partial charge on any atom is 0.253 e. The van der Waals surface area contributed by atoms with Gasteiger partial charge in [0.15, 0.2) is 0 Å². The molecule has 7 nitrogen and oxygen atoms in total. The van der Waals surface area contributed by atoms with Crippen molar-refractivity contribution in [1.29, 1.82) is 0 Å². The van der Waals surface area contributed by atoms with Crippen LogP contribution in [0.3, 0.4) is 0 Å². The number of aromatic nitrogens is 3. The van der Waals surface area contributed by atoms with Gasteiger partial charge in [0.2, 0.25) is 5.91 Å². The molecule has 1 N–H and O–H groups in total. The maximum atomic E-state index is 13.2. The number of fused-ring (bicyclic) bond motifs is 1. The summed E-state index contributed by atoms with van der Waals surface area (Å²) in [5, 5.41) is 8.37. The molecule has 2 amide bonds. The Morgan fingerprint density at radius 3 is 2.80 bits per heavy atom. The number of hydrogen-bond acceptors (Lipinski definition) is 5. The maximum absolute atomic E-state index is 13.2. The van der Waals surface area contributed by atoms with E-state index in [1.54, 1.807) is 17.5 Å². The second-order valence-electron chi connectivity index (χ2n) is 9.72. The first-order valence-electron chi connectivity index (χ1n) is 12.0. The Bertz CT molecular complexity index is 1400. The smallest absolute Gasteiger partial charge is 0.253 e. The fraction of sp³-hybridized carbons (Fsp3) is 0.333. The van der Waals surface area contributed by atoms with Crippen LogP contribution < -0.4 is 5.32 Å². The zero-order valence-corrected chi connectivity index (χ0v) is 20.4. The van der Waals surface area contributed by atoms with Gasteiger partial charge in [-0.3, -0.25) is 14.3 Å². The van der Waals surface area contributed by atoms with Gasteiger partial charge in [-0.25, -0.2) is 4.98 Å². The van der Waals surface area contributed by atoms with Gasteiger partial charge in [-0.15, -0.1) is 11.3 Å². The van der Waals surface area contributed by atoms with Crippen LogP contribution >= 0.6 is 11.3 Å². The normalized spacial score (nSPS) is 18.7. The average Bonchev–Trinajstić information content (AvgIpc) is 3.16. The SMILES string of the molecule is Cc1nc2cc(NC(=O)[C@H]3CC34CCN(C(=O)c3cccc(Cn5cccn5)c3)CC4)ccc2s1. The number of nitrogens with zero attached hydrogens (tertiary/aromatic N) is 4.